The van der Waals surface area contributed by atoms with E-state index in [1.54, 1.807) is 0 Å². The van der Waals surface area contributed by atoms with Crippen LogP contribution in [0.3, 0.4) is 0 Å². The third-order valence-corrected chi connectivity index (χ3v) is 0.657. The Morgan fingerprint density at radius 3 is 1.91 bits per heavy atom. The zero-order valence-corrected chi connectivity index (χ0v) is 7.01. The number of aromatic nitrogens is 3. The SMILES string of the molecule is Clc1ncncn1.NC(N)=S. The van der Waals surface area contributed by atoms with Gasteiger partial charge in [-0.15, -0.1) is 0 Å². The van der Waals surface area contributed by atoms with Crippen molar-refractivity contribution in [3.05, 3.63) is 17.9 Å². The van der Waals surface area contributed by atoms with Crippen molar-refractivity contribution >= 4 is 28.9 Å². The Labute approximate surface area is 73.8 Å². The van der Waals surface area contributed by atoms with Crippen molar-refractivity contribution in [2.75, 3.05) is 0 Å². The zero-order valence-electron chi connectivity index (χ0n) is 5.44. The highest BCUT2D eigenvalue weighted by atomic mass is 35.5. The molecule has 1 aromatic heterocycles. The molecule has 0 bridgehead atoms. The Kier molecular flexibility index (Phi) is 5.22. The molecule has 0 aliphatic heterocycles. The molecule has 0 aliphatic rings. The Balaban J connectivity index is 0.000000218. The molecule has 60 valence electrons. The van der Waals surface area contributed by atoms with E-state index in [0.29, 0.717) is 0 Å². The van der Waals surface area contributed by atoms with E-state index in [2.05, 4.69) is 38.6 Å². The normalized spacial score (nSPS) is 7.73. The molecular formula is C4H6ClN5S. The van der Waals surface area contributed by atoms with Gasteiger partial charge < -0.3 is 11.5 Å². The highest BCUT2D eigenvalue weighted by Gasteiger charge is 1.79. The lowest BCUT2D eigenvalue weighted by Crippen LogP contribution is -2.18. The molecule has 0 aliphatic carbocycles. The molecule has 0 aromatic carbocycles. The van der Waals surface area contributed by atoms with Crippen molar-refractivity contribution < 1.29 is 0 Å². The van der Waals surface area contributed by atoms with E-state index >= 15 is 0 Å². The molecule has 0 saturated heterocycles. The van der Waals surface area contributed by atoms with Gasteiger partial charge in [-0.25, -0.2) is 15.0 Å². The van der Waals surface area contributed by atoms with E-state index < -0.39 is 0 Å². The maximum absolute atomic E-state index is 5.28. The van der Waals surface area contributed by atoms with Crippen LogP contribution in [0, 0.1) is 0 Å². The molecule has 0 fully saturated rings. The van der Waals surface area contributed by atoms with Crippen molar-refractivity contribution in [3.8, 4) is 0 Å². The highest BCUT2D eigenvalue weighted by Crippen LogP contribution is 1.90. The van der Waals surface area contributed by atoms with E-state index in [4.69, 9.17) is 11.6 Å². The van der Waals surface area contributed by atoms with E-state index in [0.717, 1.165) is 0 Å². The maximum Gasteiger partial charge on any atom is 0.225 e. The van der Waals surface area contributed by atoms with Gasteiger partial charge >= 0.3 is 0 Å². The molecule has 0 amide bonds. The molecular weight excluding hydrogens is 186 g/mol. The minimum Gasteiger partial charge on any atom is -0.377 e. The first-order valence-corrected chi connectivity index (χ1v) is 3.24. The second-order valence-electron chi connectivity index (χ2n) is 1.31. The van der Waals surface area contributed by atoms with Gasteiger partial charge in [-0.2, -0.15) is 0 Å². The smallest absolute Gasteiger partial charge is 0.225 e. The second kappa shape index (κ2) is 5.75. The fraction of sp³-hybridized carbons (Fsp3) is 0. The second-order valence-corrected chi connectivity index (χ2v) is 2.12. The molecule has 0 spiro atoms. The summed E-state index contributed by atoms with van der Waals surface area (Å²) in [6.07, 6.45) is 2.69. The summed E-state index contributed by atoms with van der Waals surface area (Å²) in [5.41, 5.74) is 9.24. The summed E-state index contributed by atoms with van der Waals surface area (Å²) < 4.78 is 0. The summed E-state index contributed by atoms with van der Waals surface area (Å²) in [6, 6.07) is 0. The highest BCUT2D eigenvalue weighted by molar-refractivity contribution is 7.80. The van der Waals surface area contributed by atoms with Gasteiger partial charge in [0.1, 0.15) is 12.7 Å². The molecule has 4 N–H and O–H groups in total. The van der Waals surface area contributed by atoms with Crippen LogP contribution >= 0.6 is 23.8 Å². The maximum atomic E-state index is 5.28. The molecule has 5 nitrogen and oxygen atoms in total. The third kappa shape index (κ3) is 8.99. The molecule has 1 heterocycles. The van der Waals surface area contributed by atoms with E-state index in [9.17, 15) is 0 Å². The van der Waals surface area contributed by atoms with Crippen molar-refractivity contribution in [1.82, 2.24) is 15.0 Å². The summed E-state index contributed by atoms with van der Waals surface area (Å²) in [5.74, 6) is 0. The molecule has 7 heteroatoms. The number of halogens is 1. The predicted molar refractivity (Wildman–Crippen MR) is 45.8 cm³/mol. The van der Waals surface area contributed by atoms with Gasteiger partial charge in [-0.05, 0) is 23.8 Å². The quantitative estimate of drug-likeness (QED) is 0.548. The van der Waals surface area contributed by atoms with Gasteiger partial charge in [0.25, 0.3) is 0 Å². The first-order valence-electron chi connectivity index (χ1n) is 2.45. The number of thiocarbonyl (C=S) groups is 1. The minimum atomic E-state index is 0.000000000000000222. The number of nitrogens with two attached hydrogens (primary N) is 2. The van der Waals surface area contributed by atoms with Gasteiger partial charge in [0.2, 0.25) is 5.28 Å². The topological polar surface area (TPSA) is 90.7 Å². The van der Waals surface area contributed by atoms with Crippen LogP contribution in [0.5, 0.6) is 0 Å². The molecule has 0 atom stereocenters. The van der Waals surface area contributed by atoms with E-state index in [1.807, 2.05) is 0 Å². The average Bonchev–Trinajstić information content (AvgIpc) is 1.87. The summed E-state index contributed by atoms with van der Waals surface area (Å²) in [7, 11) is 0. The van der Waals surface area contributed by atoms with Crippen molar-refractivity contribution in [2.24, 2.45) is 11.5 Å². The van der Waals surface area contributed by atoms with Crippen LogP contribution in [-0.4, -0.2) is 20.1 Å². The van der Waals surface area contributed by atoms with E-state index in [1.165, 1.54) is 12.7 Å². The van der Waals surface area contributed by atoms with Crippen molar-refractivity contribution in [3.63, 3.8) is 0 Å². The van der Waals surface area contributed by atoms with Crippen LogP contribution in [0.2, 0.25) is 5.28 Å². The average molecular weight is 192 g/mol. The molecule has 0 saturated carbocycles. The van der Waals surface area contributed by atoms with Gasteiger partial charge in [0.15, 0.2) is 5.11 Å². The minimum absolute atomic E-state index is 0.000000000000000222. The largest absolute Gasteiger partial charge is 0.377 e. The molecule has 0 unspecified atom stereocenters. The summed E-state index contributed by atoms with van der Waals surface area (Å²) >= 11 is 9.37. The van der Waals surface area contributed by atoms with Crippen LogP contribution in [0.25, 0.3) is 0 Å². The van der Waals surface area contributed by atoms with Crippen LogP contribution in [-0.2, 0) is 0 Å². The first-order chi connectivity index (χ1) is 5.13. The molecule has 11 heavy (non-hydrogen) atoms. The summed E-state index contributed by atoms with van der Waals surface area (Å²) in [6.45, 7) is 0. The Morgan fingerprint density at radius 2 is 1.73 bits per heavy atom. The predicted octanol–water partition coefficient (Wildman–Crippen LogP) is -0.286. The van der Waals surface area contributed by atoms with Crippen LogP contribution in [0.1, 0.15) is 0 Å². The summed E-state index contributed by atoms with van der Waals surface area (Å²) in [4.78, 5) is 10.6. The fourth-order valence-electron chi connectivity index (χ4n) is 0.225. The van der Waals surface area contributed by atoms with E-state index in [-0.39, 0.29) is 10.4 Å². The number of hydrogen-bond donors (Lipinski definition) is 2. The van der Waals surface area contributed by atoms with Gasteiger partial charge in [-0.3, -0.25) is 0 Å². The molecule has 1 aromatic rings. The lowest BCUT2D eigenvalue weighted by Gasteiger charge is -1.78. The van der Waals surface area contributed by atoms with Crippen LogP contribution in [0.4, 0.5) is 0 Å². The Hall–Kier alpha value is -1.01. The monoisotopic (exact) mass is 191 g/mol. The standard InChI is InChI=1S/C3H2ClN3.CH4N2S/c4-3-6-1-5-2-7-3;2-1(3)4/h1-2H;(H4,2,3,4). The number of nitrogens with zero attached hydrogens (tertiary/aromatic N) is 3. The van der Waals surface area contributed by atoms with Crippen LogP contribution < -0.4 is 11.5 Å². The number of rotatable bonds is 0. The molecule has 0 radical (unpaired) electrons. The van der Waals surface area contributed by atoms with Gasteiger partial charge in [0.05, 0.1) is 0 Å². The Morgan fingerprint density at radius 1 is 1.36 bits per heavy atom. The van der Waals surface area contributed by atoms with Crippen molar-refractivity contribution in [1.29, 1.82) is 0 Å². The number of hydrogen-bond acceptors (Lipinski definition) is 4. The Bertz CT molecular complexity index is 211. The lowest BCUT2D eigenvalue weighted by molar-refractivity contribution is 1.05. The van der Waals surface area contributed by atoms with Crippen LogP contribution in [0.15, 0.2) is 12.7 Å². The lowest BCUT2D eigenvalue weighted by atomic mass is 11.1. The molecule has 1 rings (SSSR count). The zero-order chi connectivity index (χ0) is 8.69. The third-order valence-electron chi connectivity index (χ3n) is 0.462. The first kappa shape index (κ1) is 9.99. The van der Waals surface area contributed by atoms with Gasteiger partial charge in [0, 0.05) is 0 Å². The fourth-order valence-corrected chi connectivity index (χ4v) is 0.312. The summed E-state index contributed by atoms with van der Waals surface area (Å²) in [5, 5.41) is 0.231. The van der Waals surface area contributed by atoms with Crippen molar-refractivity contribution in [2.45, 2.75) is 0 Å². The van der Waals surface area contributed by atoms with Gasteiger partial charge in [-0.1, -0.05) is 0 Å².